The topological polar surface area (TPSA) is 29.9 Å². The summed E-state index contributed by atoms with van der Waals surface area (Å²) in [5, 5.41) is 12.2. The zero-order valence-electron chi connectivity index (χ0n) is 10.6. The molecule has 1 atom stereocenters. The number of nitrogens with one attached hydrogen (secondary N) is 1. The summed E-state index contributed by atoms with van der Waals surface area (Å²) in [7, 11) is 1.96. The Hall–Kier alpha value is -1.13. The molecule has 2 rings (SSSR count). The molecule has 2 aromatic rings. The summed E-state index contributed by atoms with van der Waals surface area (Å²) >= 11 is 1.76. The van der Waals surface area contributed by atoms with E-state index < -0.39 is 0 Å². The van der Waals surface area contributed by atoms with Crippen molar-refractivity contribution in [3.8, 4) is 0 Å². The van der Waals surface area contributed by atoms with Gasteiger partial charge in [-0.15, -0.1) is 0 Å². The van der Waals surface area contributed by atoms with E-state index in [-0.39, 0.29) is 0 Å². The van der Waals surface area contributed by atoms with Crippen molar-refractivity contribution in [3.05, 3.63) is 39.8 Å². The maximum atomic E-state index is 4.34. The minimum Gasteiger partial charge on any atom is -0.310 e. The van der Waals surface area contributed by atoms with Crippen molar-refractivity contribution in [1.82, 2.24) is 15.1 Å². The van der Waals surface area contributed by atoms with Crippen molar-refractivity contribution in [2.24, 2.45) is 7.05 Å². The van der Waals surface area contributed by atoms with E-state index in [4.69, 9.17) is 0 Å². The minimum absolute atomic E-state index is 0.490. The smallest absolute Gasteiger partial charge is 0.0638 e. The molecule has 0 aliphatic heterocycles. The molecule has 3 nitrogen and oxygen atoms in total. The van der Waals surface area contributed by atoms with Crippen LogP contribution in [-0.4, -0.2) is 15.8 Å². The lowest BCUT2D eigenvalue weighted by molar-refractivity contribution is 0.545. The van der Waals surface area contributed by atoms with Gasteiger partial charge in [0.15, 0.2) is 0 Å². The number of thiophene rings is 1. The summed E-state index contributed by atoms with van der Waals surface area (Å²) in [5.74, 6) is 0. The van der Waals surface area contributed by atoms with Gasteiger partial charge in [0, 0.05) is 31.4 Å². The zero-order chi connectivity index (χ0) is 12.3. The number of nitrogens with zero attached hydrogens (tertiary/aromatic N) is 2. The Morgan fingerprint density at radius 3 is 2.94 bits per heavy atom. The van der Waals surface area contributed by atoms with E-state index in [0.29, 0.717) is 6.04 Å². The van der Waals surface area contributed by atoms with Crippen LogP contribution in [0, 0.1) is 6.92 Å². The average molecular weight is 249 g/mol. The first kappa shape index (κ1) is 12.3. The minimum atomic E-state index is 0.490. The number of rotatable bonds is 5. The van der Waals surface area contributed by atoms with Crippen LogP contribution < -0.4 is 5.32 Å². The lowest BCUT2D eigenvalue weighted by Gasteiger charge is -2.12. The van der Waals surface area contributed by atoms with E-state index in [0.717, 1.165) is 18.7 Å². The van der Waals surface area contributed by atoms with Gasteiger partial charge in [-0.25, -0.2) is 0 Å². The van der Waals surface area contributed by atoms with Crippen molar-refractivity contribution in [2.75, 3.05) is 0 Å². The Morgan fingerprint density at radius 1 is 1.53 bits per heavy atom. The first-order valence-corrected chi connectivity index (χ1v) is 6.83. The van der Waals surface area contributed by atoms with Gasteiger partial charge in [-0.05, 0) is 42.7 Å². The SMILES string of the molecule is Cc1nn(C)cc1CNC(C)Cc1ccsc1. The van der Waals surface area contributed by atoms with E-state index in [1.54, 1.807) is 11.3 Å². The van der Waals surface area contributed by atoms with Crippen LogP contribution in [0.3, 0.4) is 0 Å². The Morgan fingerprint density at radius 2 is 2.35 bits per heavy atom. The second-order valence-corrected chi connectivity index (χ2v) is 5.31. The normalized spacial score (nSPS) is 12.9. The van der Waals surface area contributed by atoms with Gasteiger partial charge in [-0.2, -0.15) is 16.4 Å². The van der Waals surface area contributed by atoms with Crippen LogP contribution in [0.15, 0.2) is 23.0 Å². The quantitative estimate of drug-likeness (QED) is 0.882. The molecule has 2 aromatic heterocycles. The van der Waals surface area contributed by atoms with Crippen LogP contribution in [0.1, 0.15) is 23.7 Å². The van der Waals surface area contributed by atoms with Crippen LogP contribution in [0.4, 0.5) is 0 Å². The number of hydrogen-bond donors (Lipinski definition) is 1. The molecule has 0 fully saturated rings. The molecule has 1 unspecified atom stereocenters. The summed E-state index contributed by atoms with van der Waals surface area (Å²) in [5.41, 5.74) is 3.81. The second-order valence-electron chi connectivity index (χ2n) is 4.53. The highest BCUT2D eigenvalue weighted by molar-refractivity contribution is 7.07. The van der Waals surface area contributed by atoms with Gasteiger partial charge in [-0.1, -0.05) is 0 Å². The molecule has 0 bridgehead atoms. The number of hydrogen-bond acceptors (Lipinski definition) is 3. The lowest BCUT2D eigenvalue weighted by atomic mass is 10.1. The molecule has 1 N–H and O–H groups in total. The molecular weight excluding hydrogens is 230 g/mol. The maximum absolute atomic E-state index is 4.34. The molecule has 0 amide bonds. The second kappa shape index (κ2) is 5.47. The molecule has 0 radical (unpaired) electrons. The predicted octanol–water partition coefficient (Wildman–Crippen LogP) is 2.51. The molecule has 0 aliphatic carbocycles. The average Bonchev–Trinajstić information content (AvgIpc) is 2.86. The Bertz CT molecular complexity index is 459. The summed E-state index contributed by atoms with van der Waals surface area (Å²) < 4.78 is 1.87. The van der Waals surface area contributed by atoms with Crippen LogP contribution in [0.2, 0.25) is 0 Å². The Balaban J connectivity index is 1.84. The van der Waals surface area contributed by atoms with Crippen molar-refractivity contribution in [3.63, 3.8) is 0 Å². The van der Waals surface area contributed by atoms with Crippen molar-refractivity contribution >= 4 is 11.3 Å². The number of aromatic nitrogens is 2. The maximum Gasteiger partial charge on any atom is 0.0638 e. The molecule has 0 spiro atoms. The third-order valence-electron chi connectivity index (χ3n) is 2.88. The highest BCUT2D eigenvalue weighted by Gasteiger charge is 2.06. The molecule has 0 saturated carbocycles. The van der Waals surface area contributed by atoms with Gasteiger partial charge in [0.2, 0.25) is 0 Å². The molecule has 0 saturated heterocycles. The molecular formula is C13H19N3S. The van der Waals surface area contributed by atoms with E-state index in [9.17, 15) is 0 Å². The van der Waals surface area contributed by atoms with E-state index in [1.165, 1.54) is 11.1 Å². The predicted molar refractivity (Wildman–Crippen MR) is 72.3 cm³/mol. The summed E-state index contributed by atoms with van der Waals surface area (Å²) in [6.45, 7) is 5.18. The fourth-order valence-electron chi connectivity index (χ4n) is 1.94. The fourth-order valence-corrected chi connectivity index (χ4v) is 2.62. The largest absolute Gasteiger partial charge is 0.310 e. The van der Waals surface area contributed by atoms with Gasteiger partial charge < -0.3 is 5.32 Å². The fraction of sp³-hybridized carbons (Fsp3) is 0.462. The van der Waals surface area contributed by atoms with Crippen LogP contribution in [0.25, 0.3) is 0 Å². The molecule has 0 aliphatic rings. The highest BCUT2D eigenvalue weighted by atomic mass is 32.1. The molecule has 92 valence electrons. The lowest BCUT2D eigenvalue weighted by Crippen LogP contribution is -2.27. The highest BCUT2D eigenvalue weighted by Crippen LogP contribution is 2.09. The summed E-state index contributed by atoms with van der Waals surface area (Å²) in [6, 6.07) is 2.68. The summed E-state index contributed by atoms with van der Waals surface area (Å²) in [4.78, 5) is 0. The van der Waals surface area contributed by atoms with Gasteiger partial charge in [0.25, 0.3) is 0 Å². The van der Waals surface area contributed by atoms with Crippen molar-refractivity contribution in [1.29, 1.82) is 0 Å². The van der Waals surface area contributed by atoms with E-state index >= 15 is 0 Å². The molecule has 17 heavy (non-hydrogen) atoms. The van der Waals surface area contributed by atoms with Gasteiger partial charge in [0.1, 0.15) is 0 Å². The van der Waals surface area contributed by atoms with Crippen molar-refractivity contribution in [2.45, 2.75) is 32.9 Å². The van der Waals surface area contributed by atoms with E-state index in [1.807, 2.05) is 11.7 Å². The monoisotopic (exact) mass is 249 g/mol. The Labute approximate surface area is 106 Å². The molecule has 4 heteroatoms. The molecule has 2 heterocycles. The van der Waals surface area contributed by atoms with Crippen molar-refractivity contribution < 1.29 is 0 Å². The van der Waals surface area contributed by atoms with Crippen LogP contribution in [-0.2, 0) is 20.0 Å². The van der Waals surface area contributed by atoms with Gasteiger partial charge in [-0.3, -0.25) is 4.68 Å². The molecule has 0 aromatic carbocycles. The zero-order valence-corrected chi connectivity index (χ0v) is 11.4. The number of aryl methyl sites for hydroxylation is 2. The van der Waals surface area contributed by atoms with E-state index in [2.05, 4.69) is 47.3 Å². The third kappa shape index (κ3) is 3.41. The first-order valence-electron chi connectivity index (χ1n) is 5.88. The van der Waals surface area contributed by atoms with Crippen LogP contribution in [0.5, 0.6) is 0 Å². The van der Waals surface area contributed by atoms with Gasteiger partial charge >= 0.3 is 0 Å². The Kier molecular flexibility index (Phi) is 3.97. The van der Waals surface area contributed by atoms with Crippen LogP contribution >= 0.6 is 11.3 Å². The first-order chi connectivity index (χ1) is 8.15. The standard InChI is InChI=1S/C13H19N3S/c1-10(6-12-4-5-17-9-12)14-7-13-8-16(3)15-11(13)2/h4-5,8-10,14H,6-7H2,1-3H3. The summed E-state index contributed by atoms with van der Waals surface area (Å²) in [6.07, 6.45) is 3.17. The van der Waals surface area contributed by atoms with Gasteiger partial charge in [0.05, 0.1) is 5.69 Å². The third-order valence-corrected chi connectivity index (χ3v) is 3.61.